The molecule has 1 amide bonds. The first-order valence-electron chi connectivity index (χ1n) is 10.4. The minimum atomic E-state index is -6.34. The molecule has 2 N–H and O–H groups in total. The van der Waals surface area contributed by atoms with Gasteiger partial charge in [0.15, 0.2) is 9.84 Å². The highest BCUT2D eigenvalue weighted by atomic mass is 32.2. The van der Waals surface area contributed by atoms with E-state index in [4.69, 9.17) is 5.11 Å². The summed E-state index contributed by atoms with van der Waals surface area (Å²) in [5.74, 6) is -0.750. The summed E-state index contributed by atoms with van der Waals surface area (Å²) in [5.41, 5.74) is -7.68. The molecule has 1 saturated carbocycles. The van der Waals surface area contributed by atoms with E-state index < -0.39 is 56.1 Å². The lowest BCUT2D eigenvalue weighted by Gasteiger charge is -2.40. The highest BCUT2D eigenvalue weighted by molar-refractivity contribution is 7.92. The average molecular weight is 545 g/mol. The third-order valence-corrected chi connectivity index (χ3v) is 8.91. The summed E-state index contributed by atoms with van der Waals surface area (Å²) in [6.07, 6.45) is -14.7. The van der Waals surface area contributed by atoms with Gasteiger partial charge in [-0.15, -0.1) is 0 Å². The number of benzene rings is 2. The molecule has 2 aromatic carbocycles. The van der Waals surface area contributed by atoms with Crippen molar-refractivity contribution in [2.24, 2.45) is 0 Å². The SMILES string of the molecule is O=C(O)N[C@H]1CC[C@@](c2ccc(C(F)(C(F)(F)F)C(F)(F)F)cc2)(S(=O)(=O)c2ccc(F)cc2)CC1. The number of carboxylic acid groups (broad SMARTS) is 1. The number of halogens is 8. The molecule has 0 radical (unpaired) electrons. The van der Waals surface area contributed by atoms with Gasteiger partial charge in [-0.1, -0.05) is 24.3 Å². The molecule has 0 atom stereocenters. The molecule has 5 nitrogen and oxygen atoms in total. The Balaban J connectivity index is 2.13. The van der Waals surface area contributed by atoms with Gasteiger partial charge in [-0.25, -0.2) is 22.0 Å². The summed E-state index contributed by atoms with van der Waals surface area (Å²) < 4.78 is 132. The van der Waals surface area contributed by atoms with Gasteiger partial charge in [0.2, 0.25) is 0 Å². The van der Waals surface area contributed by atoms with Gasteiger partial charge in [0.1, 0.15) is 10.6 Å². The van der Waals surface area contributed by atoms with E-state index in [0.29, 0.717) is 12.1 Å². The maximum Gasteiger partial charge on any atom is 0.435 e. The van der Waals surface area contributed by atoms with E-state index in [1.807, 2.05) is 0 Å². The van der Waals surface area contributed by atoms with E-state index >= 15 is 0 Å². The van der Waals surface area contributed by atoms with Crippen molar-refractivity contribution < 1.29 is 53.4 Å². The Morgan fingerprint density at radius 3 is 1.75 bits per heavy atom. The fourth-order valence-electron chi connectivity index (χ4n) is 4.45. The molecule has 198 valence electrons. The van der Waals surface area contributed by atoms with Gasteiger partial charge in [-0.05, 0) is 55.5 Å². The lowest BCUT2D eigenvalue weighted by atomic mass is 9.80. The van der Waals surface area contributed by atoms with Crippen molar-refractivity contribution in [2.45, 2.75) is 59.4 Å². The lowest BCUT2D eigenvalue weighted by molar-refractivity contribution is -0.348. The third kappa shape index (κ3) is 4.62. The van der Waals surface area contributed by atoms with E-state index in [1.165, 1.54) is 0 Å². The van der Waals surface area contributed by atoms with Crippen molar-refractivity contribution in [2.75, 3.05) is 0 Å². The van der Waals surface area contributed by atoms with Crippen molar-refractivity contribution in [3.63, 3.8) is 0 Å². The second kappa shape index (κ2) is 9.20. The summed E-state index contributed by atoms with van der Waals surface area (Å²) >= 11 is 0. The van der Waals surface area contributed by atoms with Crippen LogP contribution in [0.2, 0.25) is 0 Å². The van der Waals surface area contributed by atoms with Gasteiger partial charge in [0, 0.05) is 11.6 Å². The summed E-state index contributed by atoms with van der Waals surface area (Å²) in [5, 5.41) is 11.1. The molecule has 0 aliphatic heterocycles. The van der Waals surface area contributed by atoms with Crippen LogP contribution in [0.15, 0.2) is 53.4 Å². The Kier molecular flexibility index (Phi) is 7.07. The zero-order chi connectivity index (χ0) is 27.2. The normalized spacial score (nSPS) is 21.7. The predicted molar refractivity (Wildman–Crippen MR) is 110 cm³/mol. The Labute approximate surface area is 200 Å². The summed E-state index contributed by atoms with van der Waals surface area (Å²) in [7, 11) is -4.43. The second-order valence-corrected chi connectivity index (χ2v) is 10.7. The van der Waals surface area contributed by atoms with Gasteiger partial charge in [0.25, 0.3) is 0 Å². The molecule has 1 fully saturated rings. The van der Waals surface area contributed by atoms with Crippen molar-refractivity contribution >= 4 is 15.9 Å². The fourth-order valence-corrected chi connectivity index (χ4v) is 6.61. The van der Waals surface area contributed by atoms with Crippen LogP contribution in [0.4, 0.5) is 39.9 Å². The van der Waals surface area contributed by atoms with Crippen LogP contribution in [0.1, 0.15) is 36.8 Å². The van der Waals surface area contributed by atoms with Crippen LogP contribution in [-0.2, 0) is 20.3 Å². The van der Waals surface area contributed by atoms with Crippen LogP contribution in [0, 0.1) is 5.82 Å². The van der Waals surface area contributed by atoms with Crippen LogP contribution in [0.25, 0.3) is 0 Å². The second-order valence-electron chi connectivity index (χ2n) is 8.41. The van der Waals surface area contributed by atoms with E-state index in [1.54, 1.807) is 0 Å². The van der Waals surface area contributed by atoms with Gasteiger partial charge >= 0.3 is 24.1 Å². The molecule has 0 saturated heterocycles. The topological polar surface area (TPSA) is 83.5 Å². The molecule has 3 rings (SSSR count). The molecule has 0 heterocycles. The number of hydrogen-bond acceptors (Lipinski definition) is 3. The van der Waals surface area contributed by atoms with Crippen molar-refractivity contribution in [1.29, 1.82) is 0 Å². The van der Waals surface area contributed by atoms with E-state index in [-0.39, 0.29) is 48.3 Å². The van der Waals surface area contributed by atoms with Gasteiger partial charge < -0.3 is 10.4 Å². The molecule has 0 unspecified atom stereocenters. The fraction of sp³-hybridized carbons (Fsp3) is 0.409. The quantitative estimate of drug-likeness (QED) is 0.357. The van der Waals surface area contributed by atoms with Gasteiger partial charge in [-0.3, -0.25) is 0 Å². The molecular formula is C22H19F8NO4S. The number of nitrogens with one attached hydrogen (secondary N) is 1. The molecule has 0 spiro atoms. The summed E-state index contributed by atoms with van der Waals surface area (Å²) in [4.78, 5) is 10.6. The molecule has 1 aliphatic carbocycles. The largest absolute Gasteiger partial charge is 0.465 e. The Morgan fingerprint density at radius 1 is 0.861 bits per heavy atom. The Hall–Kier alpha value is -2.90. The first-order valence-corrected chi connectivity index (χ1v) is 11.9. The number of sulfone groups is 1. The molecule has 36 heavy (non-hydrogen) atoms. The van der Waals surface area contributed by atoms with Crippen LogP contribution < -0.4 is 5.32 Å². The van der Waals surface area contributed by atoms with Gasteiger partial charge in [-0.2, -0.15) is 26.3 Å². The first kappa shape index (κ1) is 27.7. The highest BCUT2D eigenvalue weighted by Crippen LogP contribution is 2.54. The third-order valence-electron chi connectivity index (χ3n) is 6.35. The minimum absolute atomic E-state index is 0.0351. The Bertz CT molecular complexity index is 1190. The van der Waals surface area contributed by atoms with Crippen LogP contribution in [-0.4, -0.2) is 38.0 Å². The van der Waals surface area contributed by atoms with E-state index in [0.717, 1.165) is 24.3 Å². The monoisotopic (exact) mass is 545 g/mol. The maximum absolute atomic E-state index is 14.4. The van der Waals surface area contributed by atoms with Crippen molar-refractivity contribution in [1.82, 2.24) is 5.32 Å². The zero-order valence-corrected chi connectivity index (χ0v) is 18.9. The van der Waals surface area contributed by atoms with Crippen LogP contribution in [0.3, 0.4) is 0 Å². The number of hydrogen-bond donors (Lipinski definition) is 2. The molecule has 14 heteroatoms. The first-order chi connectivity index (χ1) is 16.5. The molecular weight excluding hydrogens is 526 g/mol. The number of amides is 1. The smallest absolute Gasteiger partial charge is 0.435 e. The summed E-state index contributed by atoms with van der Waals surface area (Å²) in [6, 6.07) is 4.84. The average Bonchev–Trinajstić information content (AvgIpc) is 2.77. The minimum Gasteiger partial charge on any atom is -0.465 e. The lowest BCUT2D eigenvalue weighted by Crippen LogP contribution is -2.50. The summed E-state index contributed by atoms with van der Waals surface area (Å²) in [6.45, 7) is 0. The highest BCUT2D eigenvalue weighted by Gasteiger charge is 2.73. The van der Waals surface area contributed by atoms with Gasteiger partial charge in [0.05, 0.1) is 4.90 Å². The maximum atomic E-state index is 14.4. The molecule has 2 aromatic rings. The molecule has 1 aliphatic rings. The van der Waals surface area contributed by atoms with Crippen molar-refractivity contribution in [3.05, 3.63) is 65.5 Å². The number of alkyl halides is 7. The van der Waals surface area contributed by atoms with E-state index in [9.17, 15) is 48.3 Å². The number of carbonyl (C=O) groups is 1. The standard InChI is InChI=1S/C22H19F8NO4S/c23-15-5-7-17(8-6-15)36(34,35)19(11-9-16(10-12-19)31-18(32)33)13-1-3-14(4-2-13)20(24,21(25,26)27)22(28,29)30/h1-8,16,31H,9-12H2,(H,32,33)/t16-,19+. The Morgan fingerprint density at radius 2 is 1.33 bits per heavy atom. The van der Waals surface area contributed by atoms with Crippen LogP contribution >= 0.6 is 0 Å². The number of rotatable bonds is 5. The predicted octanol–water partition coefficient (Wildman–Crippen LogP) is 5.99. The van der Waals surface area contributed by atoms with Crippen LogP contribution in [0.5, 0.6) is 0 Å². The van der Waals surface area contributed by atoms with Crippen molar-refractivity contribution in [3.8, 4) is 0 Å². The van der Waals surface area contributed by atoms with E-state index in [2.05, 4.69) is 5.32 Å². The molecule has 0 bridgehead atoms. The zero-order valence-electron chi connectivity index (χ0n) is 18.1. The molecule has 0 aromatic heterocycles.